The van der Waals surface area contributed by atoms with Crippen molar-refractivity contribution >= 4 is 58.2 Å². The molecule has 2 fully saturated rings. The molecule has 3 rings (SSSR count). The molecule has 1 unspecified atom stereocenters. The van der Waals surface area contributed by atoms with E-state index < -0.39 is 41.2 Å². The molecule has 1 atom stereocenters. The van der Waals surface area contributed by atoms with Crippen LogP contribution in [0.25, 0.3) is 0 Å². The maximum absolute atomic E-state index is 12.8. The number of ketones is 3. The van der Waals surface area contributed by atoms with Crippen molar-refractivity contribution in [1.82, 2.24) is 10.2 Å². The molecule has 1 aromatic carbocycles. The normalized spacial score (nSPS) is 20.3. The van der Waals surface area contributed by atoms with Crippen LogP contribution in [0.2, 0.25) is 10.0 Å². The Labute approximate surface area is 170 Å². The SMILES string of the molecule is CN1C(=O)NCC1C(=O)Nc1c(Cl)ccc(C(=O)C2C(=O)CCCC2=O)c1Cl. The third-order valence-electron chi connectivity index (χ3n) is 4.89. The molecule has 0 aromatic heterocycles. The highest BCUT2D eigenvalue weighted by molar-refractivity contribution is 6.43. The minimum atomic E-state index is -1.38. The maximum Gasteiger partial charge on any atom is 0.317 e. The van der Waals surface area contributed by atoms with Gasteiger partial charge in [-0.1, -0.05) is 23.2 Å². The van der Waals surface area contributed by atoms with E-state index in [2.05, 4.69) is 10.6 Å². The van der Waals surface area contributed by atoms with Crippen molar-refractivity contribution in [2.75, 3.05) is 18.9 Å². The van der Waals surface area contributed by atoms with Crippen LogP contribution in [0.15, 0.2) is 12.1 Å². The summed E-state index contributed by atoms with van der Waals surface area (Å²) in [7, 11) is 1.47. The second kappa shape index (κ2) is 7.89. The maximum atomic E-state index is 12.8. The Morgan fingerprint density at radius 2 is 1.79 bits per heavy atom. The lowest BCUT2D eigenvalue weighted by Crippen LogP contribution is -2.40. The molecule has 0 bridgehead atoms. The molecule has 0 radical (unpaired) electrons. The molecule has 1 saturated heterocycles. The number of benzene rings is 1. The molecule has 1 saturated carbocycles. The fourth-order valence-electron chi connectivity index (χ4n) is 3.27. The van der Waals surface area contributed by atoms with Gasteiger partial charge in [0, 0.05) is 32.0 Å². The number of urea groups is 1. The van der Waals surface area contributed by atoms with Gasteiger partial charge in [0.25, 0.3) is 0 Å². The number of hydrogen-bond acceptors (Lipinski definition) is 5. The Morgan fingerprint density at radius 1 is 1.14 bits per heavy atom. The van der Waals surface area contributed by atoms with Crippen LogP contribution in [0.4, 0.5) is 10.5 Å². The van der Waals surface area contributed by atoms with Gasteiger partial charge in [-0.25, -0.2) is 4.79 Å². The first kappa shape index (κ1) is 20.3. The molecule has 2 aliphatic rings. The van der Waals surface area contributed by atoms with Gasteiger partial charge >= 0.3 is 6.03 Å². The Hall–Kier alpha value is -2.45. The van der Waals surface area contributed by atoms with E-state index in [1.165, 1.54) is 24.1 Å². The number of likely N-dealkylation sites (N-methyl/N-ethyl adjacent to an activating group) is 1. The number of carbonyl (C=O) groups excluding carboxylic acids is 5. The summed E-state index contributed by atoms with van der Waals surface area (Å²) in [5.74, 6) is -3.50. The van der Waals surface area contributed by atoms with E-state index in [9.17, 15) is 24.0 Å². The second-order valence-electron chi connectivity index (χ2n) is 6.67. The van der Waals surface area contributed by atoms with Crippen molar-refractivity contribution in [2.24, 2.45) is 5.92 Å². The van der Waals surface area contributed by atoms with Gasteiger partial charge in [0.05, 0.1) is 15.7 Å². The summed E-state index contributed by atoms with van der Waals surface area (Å²) in [5, 5.41) is 4.99. The van der Waals surface area contributed by atoms with Gasteiger partial charge in [0.1, 0.15) is 12.0 Å². The van der Waals surface area contributed by atoms with Gasteiger partial charge in [-0.15, -0.1) is 0 Å². The monoisotopic (exact) mass is 425 g/mol. The Kier molecular flexibility index (Phi) is 5.71. The summed E-state index contributed by atoms with van der Waals surface area (Å²) >= 11 is 12.4. The first-order chi connectivity index (χ1) is 13.2. The van der Waals surface area contributed by atoms with Gasteiger partial charge in [-0.3, -0.25) is 19.2 Å². The van der Waals surface area contributed by atoms with Crippen molar-refractivity contribution < 1.29 is 24.0 Å². The quantitative estimate of drug-likeness (QED) is 0.566. The number of hydrogen-bond donors (Lipinski definition) is 2. The standard InChI is InChI=1S/C18H17Cl2N3O5/c1-23-10(7-21-18(23)28)17(27)22-15-9(19)6-5-8(14(15)20)16(26)13-11(24)3-2-4-12(13)25/h5-6,10,13H,2-4,7H2,1H3,(H,21,28)(H,22,27). The fraction of sp³-hybridized carbons (Fsp3) is 0.389. The number of anilines is 1. The van der Waals surface area contributed by atoms with Crippen LogP contribution in [0.1, 0.15) is 29.6 Å². The van der Waals surface area contributed by atoms with Crippen LogP contribution in [0.3, 0.4) is 0 Å². The highest BCUT2D eigenvalue weighted by Crippen LogP contribution is 2.35. The van der Waals surface area contributed by atoms with E-state index >= 15 is 0 Å². The zero-order valence-electron chi connectivity index (χ0n) is 14.9. The smallest absolute Gasteiger partial charge is 0.317 e. The van der Waals surface area contributed by atoms with Crippen molar-refractivity contribution in [3.05, 3.63) is 27.7 Å². The van der Waals surface area contributed by atoms with Gasteiger partial charge in [0.2, 0.25) is 5.91 Å². The fourth-order valence-corrected chi connectivity index (χ4v) is 3.83. The summed E-state index contributed by atoms with van der Waals surface area (Å²) in [5.41, 5.74) is -0.0772. The Morgan fingerprint density at radius 3 is 2.36 bits per heavy atom. The van der Waals surface area contributed by atoms with Crippen LogP contribution in [0.5, 0.6) is 0 Å². The molecule has 0 spiro atoms. The van der Waals surface area contributed by atoms with Gasteiger partial charge < -0.3 is 15.5 Å². The third-order valence-corrected chi connectivity index (χ3v) is 5.60. The molecular formula is C18H17Cl2N3O5. The van der Waals surface area contributed by atoms with Crippen molar-refractivity contribution in [2.45, 2.75) is 25.3 Å². The lowest BCUT2D eigenvalue weighted by molar-refractivity contribution is -0.133. The Bertz CT molecular complexity index is 885. The lowest BCUT2D eigenvalue weighted by Gasteiger charge is -2.21. The number of Topliss-reactive ketones (excluding diaryl/α,β-unsaturated/α-hetero) is 3. The van der Waals surface area contributed by atoms with E-state index in [0.29, 0.717) is 6.42 Å². The number of nitrogens with zero attached hydrogens (tertiary/aromatic N) is 1. The summed E-state index contributed by atoms with van der Waals surface area (Å²) in [4.78, 5) is 62.2. The first-order valence-corrected chi connectivity index (χ1v) is 9.37. The summed E-state index contributed by atoms with van der Waals surface area (Å²) in [6, 6.07) is 1.51. The van der Waals surface area contributed by atoms with Crippen LogP contribution >= 0.6 is 23.2 Å². The molecule has 1 aromatic rings. The number of nitrogens with one attached hydrogen (secondary N) is 2. The zero-order chi connectivity index (χ0) is 20.6. The molecule has 8 nitrogen and oxygen atoms in total. The molecule has 1 aliphatic carbocycles. The predicted molar refractivity (Wildman–Crippen MR) is 102 cm³/mol. The van der Waals surface area contributed by atoms with Gasteiger partial charge in [0.15, 0.2) is 17.3 Å². The average Bonchev–Trinajstić information content (AvgIpc) is 2.97. The molecule has 1 heterocycles. The van der Waals surface area contributed by atoms with Crippen molar-refractivity contribution in [1.29, 1.82) is 0 Å². The van der Waals surface area contributed by atoms with Crippen molar-refractivity contribution in [3.63, 3.8) is 0 Å². The molecule has 148 valence electrons. The van der Waals surface area contributed by atoms with Crippen molar-refractivity contribution in [3.8, 4) is 0 Å². The first-order valence-electron chi connectivity index (χ1n) is 8.61. The Balaban J connectivity index is 1.89. The number of halogens is 2. The zero-order valence-corrected chi connectivity index (χ0v) is 16.4. The lowest BCUT2D eigenvalue weighted by atomic mass is 9.81. The van der Waals surface area contributed by atoms with Gasteiger partial charge in [-0.05, 0) is 18.6 Å². The summed E-state index contributed by atoms with van der Waals surface area (Å²) in [6.07, 6.45) is 0.747. The van der Waals surface area contributed by atoms with Gasteiger partial charge in [-0.2, -0.15) is 0 Å². The predicted octanol–water partition coefficient (Wildman–Crippen LogP) is 2.08. The highest BCUT2D eigenvalue weighted by Gasteiger charge is 2.38. The highest BCUT2D eigenvalue weighted by atomic mass is 35.5. The van der Waals surface area contributed by atoms with E-state index in [0.717, 1.165) is 0 Å². The van der Waals surface area contributed by atoms with E-state index in [1.807, 2.05) is 0 Å². The topological polar surface area (TPSA) is 113 Å². The second-order valence-corrected chi connectivity index (χ2v) is 7.45. The minimum absolute atomic E-state index is 0.0114. The third kappa shape index (κ3) is 3.62. The molecule has 10 heteroatoms. The molecular weight excluding hydrogens is 409 g/mol. The molecule has 1 aliphatic heterocycles. The van der Waals surface area contributed by atoms with E-state index in [4.69, 9.17) is 23.2 Å². The minimum Gasteiger partial charge on any atom is -0.335 e. The van der Waals surface area contributed by atoms with E-state index in [1.54, 1.807) is 0 Å². The summed E-state index contributed by atoms with van der Waals surface area (Å²) < 4.78 is 0. The number of carbonyl (C=O) groups is 5. The molecule has 28 heavy (non-hydrogen) atoms. The van der Waals surface area contributed by atoms with Crippen LogP contribution in [-0.4, -0.2) is 53.8 Å². The average molecular weight is 426 g/mol. The van der Waals surface area contributed by atoms with Crippen LogP contribution in [-0.2, 0) is 14.4 Å². The molecule has 2 N–H and O–H groups in total. The van der Waals surface area contributed by atoms with E-state index in [-0.39, 0.29) is 40.7 Å². The largest absolute Gasteiger partial charge is 0.335 e. The number of rotatable bonds is 4. The number of amides is 3. The van der Waals surface area contributed by atoms with Crippen LogP contribution in [0, 0.1) is 5.92 Å². The summed E-state index contributed by atoms with van der Waals surface area (Å²) in [6.45, 7) is 0.111. The molecule has 3 amide bonds. The van der Waals surface area contributed by atoms with Crippen LogP contribution < -0.4 is 10.6 Å².